The fourth-order valence-electron chi connectivity index (χ4n) is 1.47. The molecule has 0 spiro atoms. The Labute approximate surface area is 124 Å². The summed E-state index contributed by atoms with van der Waals surface area (Å²) in [5.74, 6) is 0. The van der Waals surface area contributed by atoms with Crippen LogP contribution in [0.2, 0.25) is 0 Å². The van der Waals surface area contributed by atoms with E-state index in [1.165, 1.54) is 11.4 Å². The molecule has 0 radical (unpaired) electrons. The van der Waals surface area contributed by atoms with Gasteiger partial charge >= 0.3 is 0 Å². The lowest BCUT2D eigenvalue weighted by molar-refractivity contribution is 0.493. The van der Waals surface area contributed by atoms with Gasteiger partial charge in [0.25, 0.3) is 0 Å². The molecule has 7 heteroatoms. The lowest BCUT2D eigenvalue weighted by Crippen LogP contribution is -2.29. The Bertz CT molecular complexity index is 562. The first-order valence-corrected chi connectivity index (χ1v) is 8.04. The molecule has 0 saturated heterocycles. The summed E-state index contributed by atoms with van der Waals surface area (Å²) in [6.07, 6.45) is 0. The highest BCUT2D eigenvalue weighted by Gasteiger charge is 2.26. The van der Waals surface area contributed by atoms with E-state index in [1.807, 2.05) is 0 Å². The van der Waals surface area contributed by atoms with Gasteiger partial charge in [-0.15, -0.1) is 0 Å². The molecule has 0 heterocycles. The fraction of sp³-hybridized carbons (Fsp3) is 0.273. The molecule has 0 aliphatic rings. The maximum atomic E-state index is 12.4. The highest BCUT2D eigenvalue weighted by atomic mass is 79.9. The molecule has 0 atom stereocenters. The van der Waals surface area contributed by atoms with Gasteiger partial charge in [0.15, 0.2) is 0 Å². The second-order valence-electron chi connectivity index (χ2n) is 4.02. The van der Waals surface area contributed by atoms with E-state index in [0.717, 1.165) is 5.57 Å². The van der Waals surface area contributed by atoms with Gasteiger partial charge in [0.05, 0.1) is 5.69 Å². The van der Waals surface area contributed by atoms with Gasteiger partial charge in [-0.25, -0.2) is 8.42 Å². The number of hydrogen-bond donors (Lipinski definition) is 1. The predicted octanol–water partition coefficient (Wildman–Crippen LogP) is 2.99. The van der Waals surface area contributed by atoms with Gasteiger partial charge in [0, 0.05) is 22.5 Å². The predicted molar refractivity (Wildman–Crippen MR) is 80.9 cm³/mol. The summed E-state index contributed by atoms with van der Waals surface area (Å²) in [6.45, 7) is 5.73. The summed E-state index contributed by atoms with van der Waals surface area (Å²) < 4.78 is 27.1. The molecule has 4 nitrogen and oxygen atoms in total. The van der Waals surface area contributed by atoms with Crippen LogP contribution in [0.15, 0.2) is 38.1 Å². The molecule has 0 bridgehead atoms. The minimum Gasteiger partial charge on any atom is -0.398 e. The van der Waals surface area contributed by atoms with Crippen molar-refractivity contribution in [3.8, 4) is 0 Å². The zero-order valence-electron chi connectivity index (χ0n) is 10.1. The molecule has 1 rings (SSSR count). The van der Waals surface area contributed by atoms with Crippen LogP contribution >= 0.6 is 31.9 Å². The first-order chi connectivity index (χ1) is 8.16. The third-order valence-electron chi connectivity index (χ3n) is 2.20. The van der Waals surface area contributed by atoms with Crippen molar-refractivity contribution in [2.24, 2.45) is 0 Å². The van der Waals surface area contributed by atoms with Gasteiger partial charge in [-0.1, -0.05) is 28.1 Å². The van der Waals surface area contributed by atoms with E-state index in [9.17, 15) is 8.42 Å². The Morgan fingerprint density at radius 2 is 2.00 bits per heavy atom. The zero-order chi connectivity index (χ0) is 14.1. The molecule has 0 amide bonds. The van der Waals surface area contributed by atoms with Gasteiger partial charge in [-0.05, 0) is 35.0 Å². The number of anilines is 1. The number of benzene rings is 1. The van der Waals surface area contributed by atoms with E-state index in [4.69, 9.17) is 5.73 Å². The average molecular weight is 398 g/mol. The summed E-state index contributed by atoms with van der Waals surface area (Å²) in [4.78, 5) is 0.0782. The van der Waals surface area contributed by atoms with Crippen molar-refractivity contribution in [2.75, 3.05) is 19.3 Å². The average Bonchev–Trinajstić information content (AvgIpc) is 2.13. The van der Waals surface area contributed by atoms with E-state index < -0.39 is 10.0 Å². The van der Waals surface area contributed by atoms with Gasteiger partial charge < -0.3 is 5.73 Å². The number of nitrogens with two attached hydrogens (primary N) is 1. The van der Waals surface area contributed by atoms with Crippen LogP contribution in [-0.2, 0) is 10.0 Å². The van der Waals surface area contributed by atoms with Gasteiger partial charge in [-0.3, -0.25) is 0 Å². The summed E-state index contributed by atoms with van der Waals surface area (Å²) in [5, 5.41) is 0. The third-order valence-corrected chi connectivity index (χ3v) is 5.46. The quantitative estimate of drug-likeness (QED) is 0.627. The van der Waals surface area contributed by atoms with Gasteiger partial charge in [0.1, 0.15) is 4.90 Å². The SMILES string of the molecule is C=C(C)CN(C)S(=O)(=O)c1c(N)cc(Br)cc1Br. The topological polar surface area (TPSA) is 63.4 Å². The minimum atomic E-state index is -3.63. The van der Waals surface area contributed by atoms with E-state index in [-0.39, 0.29) is 17.1 Å². The molecule has 0 aliphatic carbocycles. The highest BCUT2D eigenvalue weighted by Crippen LogP contribution is 2.33. The number of hydrogen-bond acceptors (Lipinski definition) is 3. The Morgan fingerprint density at radius 3 is 2.44 bits per heavy atom. The number of likely N-dealkylation sites (N-methyl/N-ethyl adjacent to an activating group) is 1. The number of nitrogen functional groups attached to an aromatic ring is 1. The molecular formula is C11H14Br2N2O2S. The number of halogens is 2. The maximum absolute atomic E-state index is 12.4. The summed E-state index contributed by atoms with van der Waals surface area (Å²) >= 11 is 6.49. The first kappa shape index (κ1) is 15.7. The Morgan fingerprint density at radius 1 is 1.44 bits per heavy atom. The van der Waals surface area contributed by atoms with Crippen molar-refractivity contribution >= 4 is 47.6 Å². The molecule has 1 aromatic carbocycles. The normalized spacial score (nSPS) is 11.8. The van der Waals surface area contributed by atoms with Crippen molar-refractivity contribution in [1.29, 1.82) is 0 Å². The Hall–Kier alpha value is -0.370. The summed E-state index contributed by atoms with van der Waals surface area (Å²) in [7, 11) is -2.13. The molecular weight excluding hydrogens is 384 g/mol. The van der Waals surface area contributed by atoms with Crippen LogP contribution < -0.4 is 5.73 Å². The smallest absolute Gasteiger partial charge is 0.246 e. The van der Waals surface area contributed by atoms with Crippen LogP contribution in [0.3, 0.4) is 0 Å². The monoisotopic (exact) mass is 396 g/mol. The van der Waals surface area contributed by atoms with Gasteiger partial charge in [-0.2, -0.15) is 4.31 Å². The third kappa shape index (κ3) is 3.34. The summed E-state index contributed by atoms with van der Waals surface area (Å²) in [5.41, 5.74) is 6.74. The van der Waals surface area contributed by atoms with E-state index >= 15 is 0 Å². The zero-order valence-corrected chi connectivity index (χ0v) is 14.1. The van der Waals surface area contributed by atoms with Crippen LogP contribution in [0, 0.1) is 0 Å². The second-order valence-corrected chi connectivity index (χ2v) is 7.78. The molecule has 0 aliphatic heterocycles. The highest BCUT2D eigenvalue weighted by molar-refractivity contribution is 9.11. The molecule has 0 unspecified atom stereocenters. The molecule has 2 N–H and O–H groups in total. The van der Waals surface area contributed by atoms with Crippen LogP contribution in [0.1, 0.15) is 6.92 Å². The molecule has 18 heavy (non-hydrogen) atoms. The van der Waals surface area contributed by atoms with E-state index in [2.05, 4.69) is 38.4 Å². The molecule has 0 aromatic heterocycles. The van der Waals surface area contributed by atoms with Gasteiger partial charge in [0.2, 0.25) is 10.0 Å². The standard InChI is InChI=1S/C11H14Br2N2O2S/c1-7(2)6-15(3)18(16,17)11-9(13)4-8(12)5-10(11)14/h4-5H,1,6,14H2,2-3H3. The van der Waals surface area contributed by atoms with Crippen molar-refractivity contribution in [3.05, 3.63) is 33.2 Å². The van der Waals surface area contributed by atoms with Crippen LogP contribution in [0.4, 0.5) is 5.69 Å². The van der Waals surface area contributed by atoms with Crippen molar-refractivity contribution in [3.63, 3.8) is 0 Å². The van der Waals surface area contributed by atoms with Crippen molar-refractivity contribution < 1.29 is 8.42 Å². The largest absolute Gasteiger partial charge is 0.398 e. The van der Waals surface area contributed by atoms with E-state index in [1.54, 1.807) is 19.1 Å². The lowest BCUT2D eigenvalue weighted by atomic mass is 10.3. The molecule has 0 saturated carbocycles. The number of rotatable bonds is 4. The molecule has 100 valence electrons. The summed E-state index contributed by atoms with van der Waals surface area (Å²) in [6, 6.07) is 3.21. The first-order valence-electron chi connectivity index (χ1n) is 5.01. The van der Waals surface area contributed by atoms with Crippen LogP contribution in [0.5, 0.6) is 0 Å². The molecule has 0 fully saturated rings. The number of nitrogens with zero attached hydrogens (tertiary/aromatic N) is 1. The minimum absolute atomic E-state index is 0.0782. The Kier molecular flexibility index (Phi) is 4.99. The van der Waals surface area contributed by atoms with Crippen molar-refractivity contribution in [1.82, 2.24) is 4.31 Å². The van der Waals surface area contributed by atoms with Crippen molar-refractivity contribution in [2.45, 2.75) is 11.8 Å². The number of sulfonamides is 1. The van der Waals surface area contributed by atoms with Crippen LogP contribution in [-0.4, -0.2) is 26.3 Å². The Balaban J connectivity index is 3.33. The van der Waals surface area contributed by atoms with Crippen LogP contribution in [0.25, 0.3) is 0 Å². The second kappa shape index (κ2) is 5.73. The maximum Gasteiger partial charge on any atom is 0.246 e. The fourth-order valence-corrected chi connectivity index (χ4v) is 4.71. The molecule has 1 aromatic rings. The van der Waals surface area contributed by atoms with E-state index in [0.29, 0.717) is 8.95 Å². The lowest BCUT2D eigenvalue weighted by Gasteiger charge is -2.19.